The smallest absolute Gasteiger partial charge is 0.339 e. The molecule has 5 heteroatoms. The molecule has 3 aromatic rings. The van der Waals surface area contributed by atoms with Crippen LogP contribution < -0.4 is 0 Å². The first-order chi connectivity index (χ1) is 9.59. The van der Waals surface area contributed by atoms with Gasteiger partial charge in [-0.2, -0.15) is 5.10 Å². The predicted octanol–water partition coefficient (Wildman–Crippen LogP) is 2.94. The molecule has 0 aliphatic carbocycles. The number of H-pyrrole nitrogens is 1. The maximum atomic E-state index is 11.3. The highest BCUT2D eigenvalue weighted by Gasteiger charge is 2.21. The summed E-state index contributed by atoms with van der Waals surface area (Å²) in [4.78, 5) is 11.3. The van der Waals surface area contributed by atoms with Gasteiger partial charge in [-0.25, -0.2) is 4.79 Å². The molecule has 3 N–H and O–H groups in total. The lowest BCUT2D eigenvalue weighted by Gasteiger charge is -2.07. The van der Waals surface area contributed by atoms with E-state index in [1.165, 1.54) is 0 Å². The zero-order valence-corrected chi connectivity index (χ0v) is 10.7. The van der Waals surface area contributed by atoms with Gasteiger partial charge in [0.2, 0.25) is 0 Å². The molecule has 20 heavy (non-hydrogen) atoms. The fraction of sp³-hybridized carbons (Fsp3) is 0.0667. The Balaban J connectivity index is 2.31. The van der Waals surface area contributed by atoms with Crippen LogP contribution in [0.5, 0.6) is 5.75 Å². The first-order valence-corrected chi connectivity index (χ1v) is 6.09. The second-order valence-corrected chi connectivity index (χ2v) is 4.56. The highest BCUT2D eigenvalue weighted by molar-refractivity contribution is 6.00. The topological polar surface area (TPSA) is 86.2 Å². The molecular formula is C15H12N2O3. The van der Waals surface area contributed by atoms with Gasteiger partial charge in [0, 0.05) is 16.6 Å². The molecule has 3 rings (SSSR count). The van der Waals surface area contributed by atoms with Gasteiger partial charge in [-0.1, -0.05) is 30.3 Å². The van der Waals surface area contributed by atoms with E-state index in [2.05, 4.69) is 10.2 Å². The number of nitrogens with one attached hydrogen (secondary N) is 1. The van der Waals surface area contributed by atoms with E-state index < -0.39 is 5.97 Å². The first kappa shape index (κ1) is 12.2. The highest BCUT2D eigenvalue weighted by Crippen LogP contribution is 2.36. The summed E-state index contributed by atoms with van der Waals surface area (Å²) in [5, 5.41) is 27.8. The Morgan fingerprint density at radius 2 is 1.95 bits per heavy atom. The number of carboxylic acid groups (broad SMARTS) is 1. The van der Waals surface area contributed by atoms with Crippen LogP contribution in [0.1, 0.15) is 16.1 Å². The number of benzene rings is 2. The van der Waals surface area contributed by atoms with Gasteiger partial charge in [0.25, 0.3) is 0 Å². The van der Waals surface area contributed by atoms with Gasteiger partial charge in [0.15, 0.2) is 0 Å². The Morgan fingerprint density at radius 1 is 1.20 bits per heavy atom. The summed E-state index contributed by atoms with van der Waals surface area (Å²) in [6, 6.07) is 10.9. The van der Waals surface area contributed by atoms with Crippen molar-refractivity contribution in [1.82, 2.24) is 10.2 Å². The largest absolute Gasteiger partial charge is 0.507 e. The zero-order chi connectivity index (χ0) is 14.3. The van der Waals surface area contributed by atoms with Crippen LogP contribution in [-0.4, -0.2) is 26.4 Å². The number of hydrogen-bond acceptors (Lipinski definition) is 3. The highest BCUT2D eigenvalue weighted by atomic mass is 16.4. The van der Waals surface area contributed by atoms with Crippen LogP contribution in [0.3, 0.4) is 0 Å². The maximum Gasteiger partial charge on any atom is 0.339 e. The molecule has 0 amide bonds. The molecule has 0 unspecified atom stereocenters. The summed E-state index contributed by atoms with van der Waals surface area (Å²) < 4.78 is 0. The van der Waals surface area contributed by atoms with Gasteiger partial charge in [-0.15, -0.1) is 0 Å². The molecule has 5 nitrogen and oxygen atoms in total. The minimum Gasteiger partial charge on any atom is -0.507 e. The van der Waals surface area contributed by atoms with E-state index in [1.807, 2.05) is 24.3 Å². The number of fused-ring (bicyclic) bond motifs is 1. The van der Waals surface area contributed by atoms with Crippen molar-refractivity contribution in [2.45, 2.75) is 6.92 Å². The Kier molecular flexibility index (Phi) is 2.68. The van der Waals surface area contributed by atoms with Crippen LogP contribution in [0.25, 0.3) is 22.0 Å². The lowest BCUT2D eigenvalue weighted by atomic mass is 10.0. The predicted molar refractivity (Wildman–Crippen MR) is 74.9 cm³/mol. The monoisotopic (exact) mass is 268 g/mol. The third-order valence-corrected chi connectivity index (χ3v) is 3.32. The van der Waals surface area contributed by atoms with E-state index in [0.29, 0.717) is 16.6 Å². The van der Waals surface area contributed by atoms with Crippen molar-refractivity contribution in [3.05, 3.63) is 47.7 Å². The maximum absolute atomic E-state index is 11.3. The number of carboxylic acids is 1. The van der Waals surface area contributed by atoms with Crippen molar-refractivity contribution in [1.29, 1.82) is 0 Å². The lowest BCUT2D eigenvalue weighted by molar-refractivity contribution is 0.0697. The average molecular weight is 268 g/mol. The number of aromatic hydroxyl groups is 1. The quantitative estimate of drug-likeness (QED) is 0.667. The molecule has 0 atom stereocenters. The average Bonchev–Trinajstić information content (AvgIpc) is 2.81. The molecule has 1 heterocycles. The van der Waals surface area contributed by atoms with Gasteiger partial charge in [-0.3, -0.25) is 5.10 Å². The van der Waals surface area contributed by atoms with Gasteiger partial charge < -0.3 is 10.2 Å². The molecule has 0 fully saturated rings. The van der Waals surface area contributed by atoms with Gasteiger partial charge in [0.05, 0.1) is 0 Å². The van der Waals surface area contributed by atoms with Crippen molar-refractivity contribution in [3.8, 4) is 17.0 Å². The lowest BCUT2D eigenvalue weighted by Crippen LogP contribution is -1.99. The zero-order valence-electron chi connectivity index (χ0n) is 10.7. The van der Waals surface area contributed by atoms with E-state index in [0.717, 1.165) is 5.39 Å². The summed E-state index contributed by atoms with van der Waals surface area (Å²) in [5.74, 6) is -1.03. The van der Waals surface area contributed by atoms with E-state index in [4.69, 9.17) is 0 Å². The number of hydrogen-bond donors (Lipinski definition) is 3. The summed E-state index contributed by atoms with van der Waals surface area (Å²) >= 11 is 0. The number of aryl methyl sites for hydroxylation is 1. The standard InChI is InChI=1S/C15H12N2O3/c1-8-12(15(19)20)13(17-16-8)11-7-6-9-4-2-3-5-10(9)14(11)18/h2-7,18H,1H3,(H,16,17)(H,19,20). The Bertz CT molecular complexity index is 821. The molecule has 0 spiro atoms. The number of phenolic OH excluding ortho intramolecular Hbond substituents is 1. The van der Waals surface area contributed by atoms with Crippen molar-refractivity contribution < 1.29 is 15.0 Å². The van der Waals surface area contributed by atoms with Crippen molar-refractivity contribution >= 4 is 16.7 Å². The number of carbonyl (C=O) groups is 1. The molecule has 1 aromatic heterocycles. The number of aromatic nitrogens is 2. The van der Waals surface area contributed by atoms with Crippen molar-refractivity contribution in [2.24, 2.45) is 0 Å². The molecule has 100 valence electrons. The Labute approximate surface area is 114 Å². The molecule has 0 saturated carbocycles. The van der Waals surface area contributed by atoms with Crippen LogP contribution >= 0.6 is 0 Å². The normalized spacial score (nSPS) is 10.8. The molecule has 0 aliphatic rings. The Morgan fingerprint density at radius 3 is 2.70 bits per heavy atom. The van der Waals surface area contributed by atoms with Gasteiger partial charge in [0.1, 0.15) is 17.0 Å². The number of nitrogens with zero attached hydrogens (tertiary/aromatic N) is 1. The van der Waals surface area contributed by atoms with Crippen LogP contribution in [0.15, 0.2) is 36.4 Å². The van der Waals surface area contributed by atoms with Crippen molar-refractivity contribution in [3.63, 3.8) is 0 Å². The second-order valence-electron chi connectivity index (χ2n) is 4.56. The molecular weight excluding hydrogens is 256 g/mol. The van der Waals surface area contributed by atoms with Crippen LogP contribution in [0.2, 0.25) is 0 Å². The molecule has 0 saturated heterocycles. The van der Waals surface area contributed by atoms with Crippen LogP contribution in [0.4, 0.5) is 0 Å². The first-order valence-electron chi connectivity index (χ1n) is 6.09. The molecule has 0 bridgehead atoms. The Hall–Kier alpha value is -2.82. The molecule has 0 aliphatic heterocycles. The minimum absolute atomic E-state index is 0.0390. The summed E-state index contributed by atoms with van der Waals surface area (Å²) in [7, 11) is 0. The van der Waals surface area contributed by atoms with Crippen molar-refractivity contribution in [2.75, 3.05) is 0 Å². The fourth-order valence-corrected chi connectivity index (χ4v) is 2.33. The summed E-state index contributed by atoms with van der Waals surface area (Å²) in [6.45, 7) is 1.64. The summed E-state index contributed by atoms with van der Waals surface area (Å²) in [6.07, 6.45) is 0. The van der Waals surface area contributed by atoms with Gasteiger partial charge in [-0.05, 0) is 18.4 Å². The number of rotatable bonds is 2. The van der Waals surface area contributed by atoms with Crippen LogP contribution in [-0.2, 0) is 0 Å². The molecule has 0 radical (unpaired) electrons. The van der Waals surface area contributed by atoms with E-state index in [1.54, 1.807) is 19.1 Å². The van der Waals surface area contributed by atoms with E-state index in [9.17, 15) is 15.0 Å². The minimum atomic E-state index is -1.07. The number of phenols is 1. The van der Waals surface area contributed by atoms with E-state index >= 15 is 0 Å². The number of aromatic carboxylic acids is 1. The van der Waals surface area contributed by atoms with E-state index in [-0.39, 0.29) is 17.0 Å². The number of aromatic amines is 1. The third kappa shape index (κ3) is 1.72. The van der Waals surface area contributed by atoms with Crippen LogP contribution in [0, 0.1) is 6.92 Å². The van der Waals surface area contributed by atoms with Gasteiger partial charge >= 0.3 is 5.97 Å². The molecule has 2 aromatic carbocycles. The fourth-order valence-electron chi connectivity index (χ4n) is 2.33. The second kappa shape index (κ2) is 4.38. The SMILES string of the molecule is Cc1[nH]nc(-c2ccc3ccccc3c2O)c1C(=O)O. The summed E-state index contributed by atoms with van der Waals surface area (Å²) in [5.41, 5.74) is 1.19. The third-order valence-electron chi connectivity index (χ3n) is 3.32.